The van der Waals surface area contributed by atoms with Crippen LogP contribution in [-0.2, 0) is 4.79 Å². The Kier molecular flexibility index (Phi) is 4.04. The minimum atomic E-state index is -0.816. The van der Waals surface area contributed by atoms with E-state index in [1.54, 1.807) is 11.8 Å². The van der Waals surface area contributed by atoms with Crippen LogP contribution >= 0.6 is 11.8 Å². The van der Waals surface area contributed by atoms with Gasteiger partial charge in [0.15, 0.2) is 0 Å². The van der Waals surface area contributed by atoms with Gasteiger partial charge in [0.2, 0.25) is 0 Å². The van der Waals surface area contributed by atoms with E-state index >= 15 is 0 Å². The molecule has 102 valence electrons. The van der Waals surface area contributed by atoms with Gasteiger partial charge in [0.05, 0.1) is 5.41 Å². The third-order valence-corrected chi connectivity index (χ3v) is 5.18. The molecule has 6 heteroatoms. The average Bonchev–Trinajstić information content (AvgIpc) is 2.95. The second-order valence-electron chi connectivity index (χ2n) is 5.36. The summed E-state index contributed by atoms with van der Waals surface area (Å²) < 4.78 is 0. The van der Waals surface area contributed by atoms with E-state index in [9.17, 15) is 9.59 Å². The monoisotopic (exact) mass is 272 g/mol. The summed E-state index contributed by atoms with van der Waals surface area (Å²) in [6, 6.07) is -0.118. The Hall–Kier alpha value is -0.910. The van der Waals surface area contributed by atoms with Gasteiger partial charge in [0.25, 0.3) is 0 Å². The van der Waals surface area contributed by atoms with E-state index in [4.69, 9.17) is 5.11 Å². The van der Waals surface area contributed by atoms with Gasteiger partial charge in [0, 0.05) is 24.9 Å². The lowest BCUT2D eigenvalue weighted by Gasteiger charge is -2.21. The van der Waals surface area contributed by atoms with E-state index in [1.807, 2.05) is 11.8 Å². The normalized spacial score (nSPS) is 31.6. The maximum absolute atomic E-state index is 11.9. The Morgan fingerprint density at radius 2 is 2.33 bits per heavy atom. The number of carboxylic acids is 1. The molecule has 2 amide bonds. The molecule has 2 N–H and O–H groups in total. The first kappa shape index (κ1) is 13.5. The summed E-state index contributed by atoms with van der Waals surface area (Å²) in [6.07, 6.45) is 2.93. The van der Waals surface area contributed by atoms with Crippen LogP contribution in [0.25, 0.3) is 0 Å². The van der Waals surface area contributed by atoms with Gasteiger partial charge in [-0.2, -0.15) is 11.8 Å². The summed E-state index contributed by atoms with van der Waals surface area (Å²) in [5, 5.41) is 12.6. The number of carbonyl (C=O) groups is 2. The highest BCUT2D eigenvalue weighted by Crippen LogP contribution is 2.30. The molecule has 0 aromatic rings. The van der Waals surface area contributed by atoms with Crippen molar-refractivity contribution in [3.8, 4) is 0 Å². The van der Waals surface area contributed by atoms with E-state index in [0.717, 1.165) is 6.42 Å². The summed E-state index contributed by atoms with van der Waals surface area (Å²) >= 11 is 1.90. The number of nitrogens with zero attached hydrogens (tertiary/aromatic N) is 1. The quantitative estimate of drug-likeness (QED) is 0.814. The summed E-state index contributed by atoms with van der Waals surface area (Å²) in [6.45, 7) is 3.25. The smallest absolute Gasteiger partial charge is 0.317 e. The largest absolute Gasteiger partial charge is 0.481 e. The predicted octanol–water partition coefficient (Wildman–Crippen LogP) is 1.39. The molecule has 0 aromatic heterocycles. The van der Waals surface area contributed by atoms with Crippen LogP contribution in [0.2, 0.25) is 0 Å². The van der Waals surface area contributed by atoms with Crippen LogP contribution in [0.3, 0.4) is 0 Å². The van der Waals surface area contributed by atoms with Gasteiger partial charge in [-0.15, -0.1) is 0 Å². The van der Waals surface area contributed by atoms with Crippen molar-refractivity contribution < 1.29 is 14.7 Å². The standard InChI is InChI=1S/C12H20N2O3S/c1-12(10(15)16)4-5-14(8-12)11(17)13-7-9-3-2-6-18-9/h9H,2-8H2,1H3,(H,13,17)(H,15,16). The molecular weight excluding hydrogens is 252 g/mol. The minimum absolute atomic E-state index is 0.118. The van der Waals surface area contributed by atoms with Crippen molar-refractivity contribution in [2.45, 2.75) is 31.4 Å². The zero-order valence-corrected chi connectivity index (χ0v) is 11.5. The molecule has 0 aliphatic carbocycles. The number of aliphatic carboxylic acids is 1. The number of carboxylic acid groups (broad SMARTS) is 1. The molecule has 2 atom stereocenters. The first-order valence-electron chi connectivity index (χ1n) is 6.39. The van der Waals surface area contributed by atoms with E-state index in [2.05, 4.69) is 5.32 Å². The molecular formula is C12H20N2O3S. The van der Waals surface area contributed by atoms with Crippen molar-refractivity contribution in [1.29, 1.82) is 0 Å². The van der Waals surface area contributed by atoms with Crippen molar-refractivity contribution in [2.24, 2.45) is 5.41 Å². The van der Waals surface area contributed by atoms with Gasteiger partial charge in [-0.1, -0.05) is 0 Å². The molecule has 0 radical (unpaired) electrons. The van der Waals surface area contributed by atoms with Crippen LogP contribution in [0.5, 0.6) is 0 Å². The van der Waals surface area contributed by atoms with Gasteiger partial charge in [-0.25, -0.2) is 4.79 Å². The zero-order chi connectivity index (χ0) is 13.2. The highest BCUT2D eigenvalue weighted by atomic mass is 32.2. The number of hydrogen-bond acceptors (Lipinski definition) is 3. The number of thioether (sulfide) groups is 1. The zero-order valence-electron chi connectivity index (χ0n) is 10.6. The summed E-state index contributed by atoms with van der Waals surface area (Å²) in [5.41, 5.74) is -0.778. The van der Waals surface area contributed by atoms with Crippen LogP contribution in [0.4, 0.5) is 4.79 Å². The number of amides is 2. The van der Waals surface area contributed by atoms with E-state index in [0.29, 0.717) is 31.3 Å². The molecule has 2 fully saturated rings. The van der Waals surface area contributed by atoms with Crippen LogP contribution in [0, 0.1) is 5.41 Å². The van der Waals surface area contributed by atoms with Gasteiger partial charge >= 0.3 is 12.0 Å². The Morgan fingerprint density at radius 3 is 2.89 bits per heavy atom. The maximum Gasteiger partial charge on any atom is 0.317 e. The lowest BCUT2D eigenvalue weighted by atomic mass is 9.90. The van der Waals surface area contributed by atoms with Gasteiger partial charge < -0.3 is 15.3 Å². The fraction of sp³-hybridized carbons (Fsp3) is 0.833. The molecule has 2 saturated heterocycles. The Morgan fingerprint density at radius 1 is 1.56 bits per heavy atom. The third kappa shape index (κ3) is 2.91. The highest BCUT2D eigenvalue weighted by Gasteiger charge is 2.42. The van der Waals surface area contributed by atoms with Gasteiger partial charge in [-0.05, 0) is 31.9 Å². The minimum Gasteiger partial charge on any atom is -0.481 e. The molecule has 2 aliphatic heterocycles. The fourth-order valence-corrected chi connectivity index (χ4v) is 3.63. The van der Waals surface area contributed by atoms with E-state index < -0.39 is 11.4 Å². The molecule has 2 unspecified atom stereocenters. The van der Waals surface area contributed by atoms with E-state index in [-0.39, 0.29) is 6.03 Å². The van der Waals surface area contributed by atoms with Crippen molar-refractivity contribution in [2.75, 3.05) is 25.4 Å². The summed E-state index contributed by atoms with van der Waals surface area (Å²) in [4.78, 5) is 24.6. The fourth-order valence-electron chi connectivity index (χ4n) is 2.43. The number of urea groups is 1. The van der Waals surface area contributed by atoms with Crippen LogP contribution < -0.4 is 5.32 Å². The molecule has 2 heterocycles. The molecule has 0 saturated carbocycles. The average molecular weight is 272 g/mol. The molecule has 2 aliphatic rings. The van der Waals surface area contributed by atoms with Crippen LogP contribution in [0.1, 0.15) is 26.2 Å². The second kappa shape index (κ2) is 5.38. The lowest BCUT2D eigenvalue weighted by molar-refractivity contribution is -0.146. The van der Waals surface area contributed by atoms with Crippen LogP contribution in [-0.4, -0.2) is 52.6 Å². The lowest BCUT2D eigenvalue weighted by Crippen LogP contribution is -2.42. The molecule has 2 rings (SSSR count). The second-order valence-corrected chi connectivity index (χ2v) is 6.77. The molecule has 5 nitrogen and oxygen atoms in total. The van der Waals surface area contributed by atoms with Gasteiger partial charge in [-0.3, -0.25) is 4.79 Å². The molecule has 18 heavy (non-hydrogen) atoms. The maximum atomic E-state index is 11.9. The number of hydrogen-bond donors (Lipinski definition) is 2. The number of carbonyl (C=O) groups excluding carboxylic acids is 1. The predicted molar refractivity (Wildman–Crippen MR) is 70.8 cm³/mol. The SMILES string of the molecule is CC1(C(=O)O)CCN(C(=O)NCC2CCCS2)C1. The first-order valence-corrected chi connectivity index (χ1v) is 7.44. The van der Waals surface area contributed by atoms with Gasteiger partial charge in [0.1, 0.15) is 0 Å². The van der Waals surface area contributed by atoms with E-state index in [1.165, 1.54) is 12.2 Å². The highest BCUT2D eigenvalue weighted by molar-refractivity contribution is 8.00. The topological polar surface area (TPSA) is 69.6 Å². The molecule has 0 spiro atoms. The van der Waals surface area contributed by atoms with Crippen molar-refractivity contribution >= 4 is 23.8 Å². The van der Waals surface area contributed by atoms with Crippen LogP contribution in [0.15, 0.2) is 0 Å². The Labute approximate surface area is 111 Å². The first-order chi connectivity index (χ1) is 8.51. The Bertz CT molecular complexity index is 344. The third-order valence-electron chi connectivity index (χ3n) is 3.78. The number of likely N-dealkylation sites (tertiary alicyclic amines) is 1. The summed E-state index contributed by atoms with van der Waals surface area (Å²) in [7, 11) is 0. The Balaban J connectivity index is 1.78. The van der Waals surface area contributed by atoms with Crippen molar-refractivity contribution in [1.82, 2.24) is 10.2 Å². The van der Waals surface area contributed by atoms with Crippen molar-refractivity contribution in [3.05, 3.63) is 0 Å². The van der Waals surface area contributed by atoms with Crippen molar-refractivity contribution in [3.63, 3.8) is 0 Å². The summed E-state index contributed by atoms with van der Waals surface area (Å²) in [5.74, 6) is 0.366. The number of rotatable bonds is 3. The molecule has 0 aromatic carbocycles. The number of nitrogens with one attached hydrogen (secondary N) is 1. The molecule has 0 bridgehead atoms.